The molecule has 4 rings (SSSR count). The van der Waals surface area contributed by atoms with Crippen LogP contribution in [0.3, 0.4) is 0 Å². The lowest BCUT2D eigenvalue weighted by molar-refractivity contribution is -0.921. The van der Waals surface area contributed by atoms with Crippen molar-refractivity contribution in [3.8, 4) is 0 Å². The summed E-state index contributed by atoms with van der Waals surface area (Å²) in [6.45, 7) is 2.46. The zero-order valence-electron chi connectivity index (χ0n) is 19.3. The number of quaternary nitrogens is 1. The van der Waals surface area contributed by atoms with E-state index in [9.17, 15) is 9.90 Å². The summed E-state index contributed by atoms with van der Waals surface area (Å²) in [5.41, 5.74) is 0.349. The van der Waals surface area contributed by atoms with Gasteiger partial charge in [-0.25, -0.2) is 4.79 Å². The van der Waals surface area contributed by atoms with Crippen LogP contribution in [0.15, 0.2) is 54.9 Å². The Hall–Kier alpha value is -2.24. The molecule has 2 aromatic rings. The van der Waals surface area contributed by atoms with Gasteiger partial charge in [0.25, 0.3) is 0 Å². The standard InChI is InChI=1S/C27H37N2O3/c1-29(19-16-22-10-8-17-28-20-22)18-9-15-25(29)21-32-26(30)27(31,23-11-4-2-5-12-23)24-13-6-3-7-14-24/h2,4-5,8,10-12,17,20,24-25,31H,3,6-7,9,13-16,18-19,21H2,1H3/q+1/t25?,27?,29-/m1/s1. The Morgan fingerprint density at radius 1 is 1.09 bits per heavy atom. The van der Waals surface area contributed by atoms with E-state index in [1.54, 1.807) is 6.20 Å². The fraction of sp³-hybridized carbons (Fsp3) is 0.556. The van der Waals surface area contributed by atoms with Gasteiger partial charge in [-0.05, 0) is 30.0 Å². The van der Waals surface area contributed by atoms with E-state index in [-0.39, 0.29) is 12.0 Å². The highest BCUT2D eigenvalue weighted by atomic mass is 16.6. The van der Waals surface area contributed by atoms with E-state index in [0.29, 0.717) is 12.2 Å². The molecule has 2 unspecified atom stereocenters. The molecule has 1 aromatic carbocycles. The molecule has 0 radical (unpaired) electrons. The monoisotopic (exact) mass is 437 g/mol. The SMILES string of the molecule is C[N@+]1(CCc2cccnc2)CCCC1COC(=O)C(O)(c1ccccc1)C1CCCCC1. The number of nitrogens with zero attached hydrogens (tertiary/aromatic N) is 2. The van der Waals surface area contributed by atoms with Crippen LogP contribution < -0.4 is 0 Å². The lowest BCUT2D eigenvalue weighted by atomic mass is 9.73. The van der Waals surface area contributed by atoms with E-state index in [4.69, 9.17) is 4.74 Å². The molecule has 1 saturated carbocycles. The van der Waals surface area contributed by atoms with Crippen LogP contribution in [0.25, 0.3) is 0 Å². The summed E-state index contributed by atoms with van der Waals surface area (Å²) >= 11 is 0. The summed E-state index contributed by atoms with van der Waals surface area (Å²) in [5.74, 6) is -0.553. The van der Waals surface area contributed by atoms with Crippen LogP contribution in [-0.2, 0) is 21.6 Å². The number of rotatable bonds is 8. The lowest BCUT2D eigenvalue weighted by Gasteiger charge is -2.39. The number of ether oxygens (including phenoxy) is 1. The van der Waals surface area contributed by atoms with E-state index in [1.165, 1.54) is 12.0 Å². The first kappa shape index (κ1) is 22.9. The molecule has 172 valence electrons. The molecule has 0 spiro atoms. The van der Waals surface area contributed by atoms with Gasteiger partial charge in [0.15, 0.2) is 5.60 Å². The smallest absolute Gasteiger partial charge is 0.343 e. The highest BCUT2D eigenvalue weighted by Gasteiger charge is 2.48. The van der Waals surface area contributed by atoms with Gasteiger partial charge in [-0.15, -0.1) is 0 Å². The van der Waals surface area contributed by atoms with Crippen molar-refractivity contribution in [3.63, 3.8) is 0 Å². The summed E-state index contributed by atoms with van der Waals surface area (Å²) in [4.78, 5) is 17.7. The maximum Gasteiger partial charge on any atom is 0.343 e. The molecule has 1 aromatic heterocycles. The van der Waals surface area contributed by atoms with Crippen LogP contribution in [-0.4, -0.2) is 53.3 Å². The number of carbonyl (C=O) groups excluding carboxylic acids is 1. The maximum absolute atomic E-state index is 13.4. The molecule has 32 heavy (non-hydrogen) atoms. The summed E-state index contributed by atoms with van der Waals surface area (Å²) in [5, 5.41) is 11.7. The molecule has 2 aliphatic rings. The largest absolute Gasteiger partial charge is 0.457 e. The summed E-state index contributed by atoms with van der Waals surface area (Å²) in [6.07, 6.45) is 11.9. The average Bonchev–Trinajstić information content (AvgIpc) is 3.23. The molecule has 3 atom stereocenters. The second-order valence-electron chi connectivity index (χ2n) is 9.90. The van der Waals surface area contributed by atoms with Gasteiger partial charge in [-0.3, -0.25) is 4.98 Å². The number of hydrogen-bond donors (Lipinski definition) is 1. The van der Waals surface area contributed by atoms with E-state index >= 15 is 0 Å². The van der Waals surface area contributed by atoms with Crippen LogP contribution in [0.2, 0.25) is 0 Å². The minimum absolute atomic E-state index is 0.0822. The number of carbonyl (C=O) groups is 1. The molecule has 1 saturated heterocycles. The first-order valence-electron chi connectivity index (χ1n) is 12.2. The Bertz CT molecular complexity index is 869. The molecule has 5 heteroatoms. The van der Waals surface area contributed by atoms with Crippen LogP contribution >= 0.6 is 0 Å². The average molecular weight is 438 g/mol. The number of aliphatic hydroxyl groups is 1. The highest BCUT2D eigenvalue weighted by Crippen LogP contribution is 2.40. The second kappa shape index (κ2) is 10.1. The van der Waals surface area contributed by atoms with Crippen molar-refractivity contribution in [2.45, 2.75) is 63.0 Å². The third-order valence-electron chi connectivity index (χ3n) is 7.85. The number of likely N-dealkylation sites (N-methyl/N-ethyl adjacent to an activating group) is 1. The lowest BCUT2D eigenvalue weighted by Crippen LogP contribution is -2.52. The molecule has 2 heterocycles. The molecule has 1 aliphatic carbocycles. The third kappa shape index (κ3) is 4.89. The molecule has 0 bridgehead atoms. The van der Waals surface area contributed by atoms with Crippen LogP contribution in [0.4, 0.5) is 0 Å². The number of pyridine rings is 1. The number of aromatic nitrogens is 1. The topological polar surface area (TPSA) is 59.4 Å². The van der Waals surface area contributed by atoms with Gasteiger partial charge in [-0.2, -0.15) is 0 Å². The van der Waals surface area contributed by atoms with Crippen molar-refractivity contribution in [2.24, 2.45) is 5.92 Å². The Morgan fingerprint density at radius 2 is 1.88 bits per heavy atom. The Morgan fingerprint density at radius 3 is 2.59 bits per heavy atom. The van der Waals surface area contributed by atoms with Crippen molar-refractivity contribution in [2.75, 3.05) is 26.7 Å². The maximum atomic E-state index is 13.4. The van der Waals surface area contributed by atoms with Crippen LogP contribution in [0, 0.1) is 5.92 Å². The van der Waals surface area contributed by atoms with Gasteiger partial charge < -0.3 is 14.3 Å². The Balaban J connectivity index is 1.44. The van der Waals surface area contributed by atoms with Crippen molar-refractivity contribution >= 4 is 5.97 Å². The quantitative estimate of drug-likeness (QED) is 0.496. The molecule has 5 nitrogen and oxygen atoms in total. The zero-order valence-corrected chi connectivity index (χ0v) is 19.3. The van der Waals surface area contributed by atoms with Gasteiger partial charge in [0.1, 0.15) is 12.6 Å². The number of benzene rings is 1. The second-order valence-corrected chi connectivity index (χ2v) is 9.90. The Kier molecular flexibility index (Phi) is 7.27. The van der Waals surface area contributed by atoms with Crippen molar-refractivity contribution in [1.82, 2.24) is 4.98 Å². The summed E-state index contributed by atoms with van der Waals surface area (Å²) in [7, 11) is 2.27. The van der Waals surface area contributed by atoms with E-state index in [2.05, 4.69) is 18.1 Å². The van der Waals surface area contributed by atoms with Gasteiger partial charge in [0, 0.05) is 37.6 Å². The molecule has 1 N–H and O–H groups in total. The first-order chi connectivity index (χ1) is 15.5. The fourth-order valence-corrected chi connectivity index (χ4v) is 5.69. The van der Waals surface area contributed by atoms with Crippen molar-refractivity contribution in [3.05, 3.63) is 66.0 Å². The van der Waals surface area contributed by atoms with Gasteiger partial charge >= 0.3 is 5.97 Å². The van der Waals surface area contributed by atoms with Crippen molar-refractivity contribution in [1.29, 1.82) is 0 Å². The molecule has 2 fully saturated rings. The summed E-state index contributed by atoms with van der Waals surface area (Å²) < 4.78 is 6.83. The first-order valence-corrected chi connectivity index (χ1v) is 12.2. The van der Waals surface area contributed by atoms with Gasteiger partial charge in [0.2, 0.25) is 0 Å². The molecule has 0 amide bonds. The minimum Gasteiger partial charge on any atom is -0.457 e. The van der Waals surface area contributed by atoms with Crippen LogP contribution in [0.1, 0.15) is 56.1 Å². The third-order valence-corrected chi connectivity index (χ3v) is 7.85. The Labute approximate surface area is 192 Å². The van der Waals surface area contributed by atoms with Gasteiger partial charge in [-0.1, -0.05) is 55.7 Å². The number of hydrogen-bond acceptors (Lipinski definition) is 4. The minimum atomic E-state index is -1.56. The number of esters is 1. The molecule has 1 aliphatic heterocycles. The normalized spacial score (nSPS) is 25.9. The van der Waals surface area contributed by atoms with Crippen molar-refractivity contribution < 1.29 is 19.1 Å². The van der Waals surface area contributed by atoms with E-state index in [1.807, 2.05) is 42.6 Å². The number of likely N-dealkylation sites (tertiary alicyclic amines) is 1. The highest BCUT2D eigenvalue weighted by molar-refractivity contribution is 5.81. The molecular formula is C27H37N2O3+. The zero-order chi connectivity index (χ0) is 22.4. The van der Waals surface area contributed by atoms with E-state index < -0.39 is 11.6 Å². The molecular weight excluding hydrogens is 400 g/mol. The fourth-order valence-electron chi connectivity index (χ4n) is 5.69. The summed E-state index contributed by atoms with van der Waals surface area (Å²) in [6, 6.07) is 13.8. The predicted molar refractivity (Wildman–Crippen MR) is 125 cm³/mol. The predicted octanol–water partition coefficient (Wildman–Crippen LogP) is 4.24. The van der Waals surface area contributed by atoms with E-state index in [0.717, 1.165) is 62.5 Å². The van der Waals surface area contributed by atoms with Crippen LogP contribution in [0.5, 0.6) is 0 Å². The van der Waals surface area contributed by atoms with Gasteiger partial charge in [0.05, 0.1) is 20.1 Å².